The van der Waals surface area contributed by atoms with E-state index in [0.717, 1.165) is 32.7 Å². The average Bonchev–Trinajstić information content (AvgIpc) is 2.33. The molecule has 0 aromatic heterocycles. The van der Waals surface area contributed by atoms with Crippen molar-refractivity contribution in [3.8, 4) is 0 Å². The van der Waals surface area contributed by atoms with Crippen LogP contribution in [0.5, 0.6) is 0 Å². The third-order valence-corrected chi connectivity index (χ3v) is 3.06. The van der Waals surface area contributed by atoms with Gasteiger partial charge in [-0.2, -0.15) is 0 Å². The van der Waals surface area contributed by atoms with Gasteiger partial charge >= 0.3 is 0 Å². The summed E-state index contributed by atoms with van der Waals surface area (Å²) in [6.45, 7) is 7.80. The first-order chi connectivity index (χ1) is 7.86. The minimum absolute atomic E-state index is 1.07. The highest BCUT2D eigenvalue weighted by Gasteiger charge is 2.06. The van der Waals surface area contributed by atoms with Gasteiger partial charge in [0.15, 0.2) is 0 Å². The molecule has 2 rings (SSSR count). The number of aryl methyl sites for hydroxylation is 1. The summed E-state index contributed by atoms with van der Waals surface area (Å²) in [5.41, 5.74) is 2.68. The molecule has 2 nitrogen and oxygen atoms in total. The highest BCUT2D eigenvalue weighted by atomic mass is 15.2. The Morgan fingerprint density at radius 1 is 1.25 bits per heavy atom. The van der Waals surface area contributed by atoms with Crippen LogP contribution in [0.25, 0.3) is 6.08 Å². The summed E-state index contributed by atoms with van der Waals surface area (Å²) in [7, 11) is 0. The molecule has 2 heteroatoms. The second kappa shape index (κ2) is 5.83. The van der Waals surface area contributed by atoms with Crippen molar-refractivity contribution in [2.24, 2.45) is 0 Å². The zero-order chi connectivity index (χ0) is 11.2. The molecule has 0 amide bonds. The number of nitrogens with zero attached hydrogens (tertiary/aromatic N) is 1. The number of piperazine rings is 1. The smallest absolute Gasteiger partial charge is 0.0167 e. The van der Waals surface area contributed by atoms with E-state index in [1.807, 2.05) is 0 Å². The molecule has 0 radical (unpaired) electrons. The Kier molecular flexibility index (Phi) is 4.14. The normalized spacial score (nSPS) is 18.1. The second-order valence-corrected chi connectivity index (χ2v) is 4.31. The van der Waals surface area contributed by atoms with E-state index in [1.165, 1.54) is 11.1 Å². The van der Waals surface area contributed by atoms with Crippen LogP contribution in [0, 0.1) is 6.92 Å². The first-order valence-electron chi connectivity index (χ1n) is 6.01. The lowest BCUT2D eigenvalue weighted by atomic mass is 10.1. The van der Waals surface area contributed by atoms with Gasteiger partial charge in [0.25, 0.3) is 0 Å². The van der Waals surface area contributed by atoms with E-state index in [9.17, 15) is 0 Å². The summed E-state index contributed by atoms with van der Waals surface area (Å²) in [6, 6.07) is 8.51. The third kappa shape index (κ3) is 3.19. The monoisotopic (exact) mass is 216 g/mol. The molecule has 1 saturated heterocycles. The van der Waals surface area contributed by atoms with Gasteiger partial charge in [0.1, 0.15) is 0 Å². The molecule has 16 heavy (non-hydrogen) atoms. The van der Waals surface area contributed by atoms with Crippen molar-refractivity contribution in [2.45, 2.75) is 6.92 Å². The molecule has 0 bridgehead atoms. The Morgan fingerprint density at radius 2 is 2.00 bits per heavy atom. The van der Waals surface area contributed by atoms with Gasteiger partial charge in [0, 0.05) is 32.7 Å². The maximum absolute atomic E-state index is 3.37. The summed E-state index contributed by atoms with van der Waals surface area (Å²) in [4.78, 5) is 2.48. The minimum atomic E-state index is 1.07. The molecule has 1 aliphatic heterocycles. The molecule has 0 atom stereocenters. The molecule has 1 fully saturated rings. The number of benzene rings is 1. The van der Waals surface area contributed by atoms with E-state index in [-0.39, 0.29) is 0 Å². The Hall–Kier alpha value is -1.12. The van der Waals surface area contributed by atoms with Gasteiger partial charge in [-0.15, -0.1) is 0 Å². The third-order valence-electron chi connectivity index (χ3n) is 3.06. The first kappa shape index (κ1) is 11.4. The molecule has 0 aliphatic carbocycles. The quantitative estimate of drug-likeness (QED) is 0.830. The predicted molar refractivity (Wildman–Crippen MR) is 69.5 cm³/mol. The average molecular weight is 216 g/mol. The van der Waals surface area contributed by atoms with E-state index < -0.39 is 0 Å². The molecule has 1 aromatic carbocycles. The summed E-state index contributed by atoms with van der Waals surface area (Å²) >= 11 is 0. The number of nitrogens with one attached hydrogen (secondary N) is 1. The fourth-order valence-corrected chi connectivity index (χ4v) is 2.00. The Balaban J connectivity index is 1.87. The van der Waals surface area contributed by atoms with Gasteiger partial charge in [0.05, 0.1) is 0 Å². The highest BCUT2D eigenvalue weighted by Crippen LogP contribution is 2.08. The zero-order valence-electron chi connectivity index (χ0n) is 9.95. The molecule has 1 aromatic rings. The summed E-state index contributed by atoms with van der Waals surface area (Å²) in [5, 5.41) is 3.37. The van der Waals surface area contributed by atoms with Crippen LogP contribution in [0.1, 0.15) is 11.1 Å². The Morgan fingerprint density at radius 3 is 2.75 bits per heavy atom. The van der Waals surface area contributed by atoms with Gasteiger partial charge in [-0.05, 0) is 18.1 Å². The van der Waals surface area contributed by atoms with Crippen LogP contribution < -0.4 is 5.32 Å². The van der Waals surface area contributed by atoms with Gasteiger partial charge in [-0.1, -0.05) is 36.4 Å². The zero-order valence-corrected chi connectivity index (χ0v) is 9.95. The first-order valence-corrected chi connectivity index (χ1v) is 6.01. The van der Waals surface area contributed by atoms with Gasteiger partial charge in [0.2, 0.25) is 0 Å². The lowest BCUT2D eigenvalue weighted by Crippen LogP contribution is -2.43. The van der Waals surface area contributed by atoms with Gasteiger partial charge < -0.3 is 5.32 Å². The van der Waals surface area contributed by atoms with Crippen molar-refractivity contribution >= 4 is 6.08 Å². The molecule has 0 spiro atoms. The summed E-state index contributed by atoms with van der Waals surface area (Å²) in [5.74, 6) is 0. The van der Waals surface area contributed by atoms with E-state index in [0.29, 0.717) is 0 Å². The van der Waals surface area contributed by atoms with Crippen LogP contribution in [-0.4, -0.2) is 37.6 Å². The predicted octanol–water partition coefficient (Wildman–Crippen LogP) is 1.91. The maximum Gasteiger partial charge on any atom is 0.0167 e. The van der Waals surface area contributed by atoms with Crippen LogP contribution in [0.15, 0.2) is 30.3 Å². The fourth-order valence-electron chi connectivity index (χ4n) is 2.00. The largest absolute Gasteiger partial charge is 0.314 e. The van der Waals surface area contributed by atoms with Crippen molar-refractivity contribution in [3.63, 3.8) is 0 Å². The molecule has 1 heterocycles. The lowest BCUT2D eigenvalue weighted by Gasteiger charge is -2.25. The van der Waals surface area contributed by atoms with Crippen LogP contribution in [0.3, 0.4) is 0 Å². The topological polar surface area (TPSA) is 15.3 Å². The van der Waals surface area contributed by atoms with E-state index in [1.54, 1.807) is 0 Å². The van der Waals surface area contributed by atoms with Crippen LogP contribution in [0.4, 0.5) is 0 Å². The van der Waals surface area contributed by atoms with Crippen molar-refractivity contribution in [1.82, 2.24) is 10.2 Å². The standard InChI is InChI=1S/C14H20N2/c1-13-5-2-3-6-14(13)7-4-10-16-11-8-15-9-12-16/h2-7,15H,8-12H2,1H3/b7-4+. The van der Waals surface area contributed by atoms with E-state index in [4.69, 9.17) is 0 Å². The molecular weight excluding hydrogens is 196 g/mol. The second-order valence-electron chi connectivity index (χ2n) is 4.31. The van der Waals surface area contributed by atoms with Crippen LogP contribution >= 0.6 is 0 Å². The van der Waals surface area contributed by atoms with Crippen molar-refractivity contribution in [3.05, 3.63) is 41.5 Å². The van der Waals surface area contributed by atoms with E-state index >= 15 is 0 Å². The number of rotatable bonds is 3. The Labute approximate surface area is 98.0 Å². The lowest BCUT2D eigenvalue weighted by molar-refractivity contribution is 0.265. The van der Waals surface area contributed by atoms with Crippen molar-refractivity contribution in [1.29, 1.82) is 0 Å². The number of hydrogen-bond donors (Lipinski definition) is 1. The van der Waals surface area contributed by atoms with Crippen LogP contribution in [-0.2, 0) is 0 Å². The highest BCUT2D eigenvalue weighted by molar-refractivity contribution is 5.53. The molecule has 1 N–H and O–H groups in total. The van der Waals surface area contributed by atoms with Crippen LogP contribution in [0.2, 0.25) is 0 Å². The SMILES string of the molecule is Cc1ccccc1/C=C/CN1CCNCC1. The molecule has 0 saturated carbocycles. The molecule has 0 unspecified atom stereocenters. The molecular formula is C14H20N2. The summed E-state index contributed by atoms with van der Waals surface area (Å²) in [6.07, 6.45) is 4.50. The fraction of sp³-hybridized carbons (Fsp3) is 0.429. The minimum Gasteiger partial charge on any atom is -0.314 e. The van der Waals surface area contributed by atoms with E-state index in [2.05, 4.69) is 53.6 Å². The van der Waals surface area contributed by atoms with Gasteiger partial charge in [-0.25, -0.2) is 0 Å². The molecule has 86 valence electrons. The van der Waals surface area contributed by atoms with Gasteiger partial charge in [-0.3, -0.25) is 4.90 Å². The van der Waals surface area contributed by atoms with Crippen molar-refractivity contribution < 1.29 is 0 Å². The maximum atomic E-state index is 3.37. The molecule has 1 aliphatic rings. The van der Waals surface area contributed by atoms with Crippen molar-refractivity contribution in [2.75, 3.05) is 32.7 Å². The Bertz CT molecular complexity index is 352. The summed E-state index contributed by atoms with van der Waals surface area (Å²) < 4.78 is 0. The number of hydrogen-bond acceptors (Lipinski definition) is 2.